The van der Waals surface area contributed by atoms with E-state index in [1.807, 2.05) is 39.0 Å². The summed E-state index contributed by atoms with van der Waals surface area (Å²) in [6.07, 6.45) is -0.518. The van der Waals surface area contributed by atoms with Gasteiger partial charge in [-0.25, -0.2) is 15.6 Å². The number of ether oxygens (including phenoxy) is 3. The summed E-state index contributed by atoms with van der Waals surface area (Å²) in [4.78, 5) is 19.2. The molecule has 0 bridgehead atoms. The van der Waals surface area contributed by atoms with Gasteiger partial charge in [-0.1, -0.05) is 12.1 Å². The molecule has 2 aromatic rings. The lowest BCUT2D eigenvalue weighted by Crippen LogP contribution is -2.37. The first-order valence-electron chi connectivity index (χ1n) is 9.32. The summed E-state index contributed by atoms with van der Waals surface area (Å²) in [5, 5.41) is 0. The van der Waals surface area contributed by atoms with Crippen molar-refractivity contribution in [1.29, 1.82) is 0 Å². The van der Waals surface area contributed by atoms with Crippen LogP contribution in [0.1, 0.15) is 37.8 Å². The normalized spacial score (nSPS) is 17.7. The number of hydrazine groups is 1. The molecule has 2 aliphatic rings. The smallest absolute Gasteiger partial charge is 0.416 e. The number of nitrogens with zero attached hydrogens (tertiary/aromatic N) is 2. The van der Waals surface area contributed by atoms with Gasteiger partial charge in [0.05, 0.1) is 30.1 Å². The molecule has 3 heterocycles. The topological polar surface area (TPSA) is 98.9 Å². The molecular weight excluding hydrogens is 440 g/mol. The molecule has 9 heteroatoms. The largest absolute Gasteiger partial charge is 0.493 e. The number of amides is 1. The van der Waals surface area contributed by atoms with Crippen LogP contribution in [0.25, 0.3) is 0 Å². The molecule has 154 valence electrons. The van der Waals surface area contributed by atoms with Crippen molar-refractivity contribution in [3.05, 3.63) is 39.9 Å². The molecular formula is C20H23BrN4O4. The van der Waals surface area contributed by atoms with Gasteiger partial charge in [0, 0.05) is 11.6 Å². The van der Waals surface area contributed by atoms with Crippen LogP contribution in [0.3, 0.4) is 0 Å². The number of nitrogens with two attached hydrogens (primary N) is 1. The monoisotopic (exact) mass is 462 g/mol. The van der Waals surface area contributed by atoms with Gasteiger partial charge in [-0.15, -0.1) is 0 Å². The van der Waals surface area contributed by atoms with Crippen LogP contribution in [-0.4, -0.2) is 29.9 Å². The number of hydrogen-bond donors (Lipinski definition) is 2. The van der Waals surface area contributed by atoms with Crippen LogP contribution < -0.4 is 25.6 Å². The zero-order valence-corrected chi connectivity index (χ0v) is 18.1. The highest BCUT2D eigenvalue weighted by Gasteiger charge is 2.34. The van der Waals surface area contributed by atoms with Crippen LogP contribution >= 0.6 is 15.9 Å². The average Bonchev–Trinajstić information content (AvgIpc) is 3.08. The lowest BCUT2D eigenvalue weighted by molar-refractivity contribution is 0.0575. The van der Waals surface area contributed by atoms with E-state index in [0.29, 0.717) is 35.1 Å². The number of pyridine rings is 1. The number of nitrogen functional groups attached to an aromatic ring is 1. The molecule has 8 nitrogen and oxygen atoms in total. The number of halogens is 1. The molecule has 0 aliphatic carbocycles. The minimum Gasteiger partial charge on any atom is -0.493 e. The summed E-state index contributed by atoms with van der Waals surface area (Å²) >= 11 is 3.43. The van der Waals surface area contributed by atoms with Crippen molar-refractivity contribution in [2.45, 2.75) is 38.8 Å². The number of benzene rings is 1. The Morgan fingerprint density at radius 3 is 2.72 bits per heavy atom. The second-order valence-corrected chi connectivity index (χ2v) is 8.85. The molecule has 1 aromatic carbocycles. The zero-order valence-electron chi connectivity index (χ0n) is 16.5. The van der Waals surface area contributed by atoms with Crippen LogP contribution in [0.5, 0.6) is 11.5 Å². The van der Waals surface area contributed by atoms with Gasteiger partial charge in [-0.3, -0.25) is 4.90 Å². The molecule has 0 saturated heterocycles. The number of aromatic nitrogens is 1. The molecule has 1 atom stereocenters. The van der Waals surface area contributed by atoms with Crippen LogP contribution in [-0.2, 0) is 11.3 Å². The maximum Gasteiger partial charge on any atom is 0.416 e. The minimum absolute atomic E-state index is 0.0683. The van der Waals surface area contributed by atoms with Gasteiger partial charge in [-0.05, 0) is 48.3 Å². The molecule has 29 heavy (non-hydrogen) atoms. The molecule has 1 amide bonds. The van der Waals surface area contributed by atoms with E-state index in [-0.39, 0.29) is 12.5 Å². The van der Waals surface area contributed by atoms with E-state index in [9.17, 15) is 4.79 Å². The van der Waals surface area contributed by atoms with Crippen molar-refractivity contribution in [2.75, 3.05) is 23.5 Å². The maximum atomic E-state index is 13.1. The quantitative estimate of drug-likeness (QED) is 0.488. The standard InChI is InChI=1S/C20H23BrN4O4/c1-20(2,3)29-19(26)25-8-11-5-4-6-14-16(11)12(9-27-14)10-28-15-7-13(21)17(24-22)23-18(15)25/h4-7,12H,8-10,22H2,1-3H3,(H,23,24)/t12-/m1/s1. The van der Waals surface area contributed by atoms with E-state index < -0.39 is 11.7 Å². The fourth-order valence-corrected chi connectivity index (χ4v) is 3.90. The van der Waals surface area contributed by atoms with E-state index in [1.54, 1.807) is 6.07 Å². The Morgan fingerprint density at radius 1 is 1.31 bits per heavy atom. The third-order valence-corrected chi connectivity index (χ3v) is 5.31. The van der Waals surface area contributed by atoms with Crippen LogP contribution in [0.2, 0.25) is 0 Å². The molecule has 0 saturated carbocycles. The highest BCUT2D eigenvalue weighted by molar-refractivity contribution is 9.10. The number of carbonyl (C=O) groups is 1. The average molecular weight is 463 g/mol. The predicted molar refractivity (Wildman–Crippen MR) is 112 cm³/mol. The SMILES string of the molecule is CC(C)(C)OC(=O)N1Cc2cccc3c2[C@@H](COc2cc(Br)c(NN)nc21)CO3. The first-order valence-corrected chi connectivity index (χ1v) is 10.1. The molecule has 0 radical (unpaired) electrons. The Morgan fingerprint density at radius 2 is 2.03 bits per heavy atom. The van der Waals surface area contributed by atoms with Crippen molar-refractivity contribution in [1.82, 2.24) is 4.98 Å². The summed E-state index contributed by atoms with van der Waals surface area (Å²) < 4.78 is 18.2. The Bertz CT molecular complexity index is 960. The lowest BCUT2D eigenvalue weighted by atomic mass is 9.96. The molecule has 0 unspecified atom stereocenters. The van der Waals surface area contributed by atoms with Gasteiger partial charge in [0.1, 0.15) is 11.4 Å². The first kappa shape index (κ1) is 19.8. The fraction of sp³-hybridized carbons (Fsp3) is 0.400. The van der Waals surface area contributed by atoms with E-state index >= 15 is 0 Å². The molecule has 4 rings (SSSR count). The van der Waals surface area contributed by atoms with Gasteiger partial charge >= 0.3 is 6.09 Å². The van der Waals surface area contributed by atoms with Crippen molar-refractivity contribution >= 4 is 33.7 Å². The Hall–Kier alpha value is -2.52. The predicted octanol–water partition coefficient (Wildman–Crippen LogP) is 3.94. The van der Waals surface area contributed by atoms with Crippen molar-refractivity contribution in [2.24, 2.45) is 5.84 Å². The summed E-state index contributed by atoms with van der Waals surface area (Å²) in [6, 6.07) is 7.60. The Kier molecular flexibility index (Phi) is 5.04. The van der Waals surface area contributed by atoms with Gasteiger partial charge in [0.25, 0.3) is 0 Å². The number of nitrogens with one attached hydrogen (secondary N) is 1. The van der Waals surface area contributed by atoms with Crippen LogP contribution in [0.15, 0.2) is 28.7 Å². The number of hydrogen-bond acceptors (Lipinski definition) is 7. The third-order valence-electron chi connectivity index (χ3n) is 4.70. The summed E-state index contributed by atoms with van der Waals surface area (Å²) in [6.45, 7) is 6.68. The number of carbonyl (C=O) groups excluding carboxylic acids is 1. The fourth-order valence-electron chi connectivity index (χ4n) is 3.49. The highest BCUT2D eigenvalue weighted by atomic mass is 79.9. The highest BCUT2D eigenvalue weighted by Crippen LogP contribution is 2.42. The Labute approximate surface area is 177 Å². The third kappa shape index (κ3) is 3.84. The zero-order chi connectivity index (χ0) is 20.8. The molecule has 1 aromatic heterocycles. The van der Waals surface area contributed by atoms with Gasteiger partial charge in [-0.2, -0.15) is 0 Å². The van der Waals surface area contributed by atoms with Crippen LogP contribution in [0.4, 0.5) is 16.4 Å². The van der Waals surface area contributed by atoms with Gasteiger partial charge in [0.2, 0.25) is 0 Å². The number of rotatable bonds is 1. The van der Waals surface area contributed by atoms with Gasteiger partial charge < -0.3 is 19.6 Å². The van der Waals surface area contributed by atoms with E-state index in [1.165, 1.54) is 4.90 Å². The van der Waals surface area contributed by atoms with Gasteiger partial charge in [0.15, 0.2) is 17.4 Å². The van der Waals surface area contributed by atoms with Crippen molar-refractivity contribution < 1.29 is 19.0 Å². The second-order valence-electron chi connectivity index (χ2n) is 8.00. The van der Waals surface area contributed by atoms with Crippen molar-refractivity contribution in [3.8, 4) is 11.5 Å². The molecule has 0 fully saturated rings. The molecule has 0 spiro atoms. The number of fused-ring (bicyclic) bond motifs is 1. The number of anilines is 2. The van der Waals surface area contributed by atoms with E-state index in [2.05, 4.69) is 26.3 Å². The van der Waals surface area contributed by atoms with Crippen molar-refractivity contribution in [3.63, 3.8) is 0 Å². The molecule has 2 aliphatic heterocycles. The lowest BCUT2D eigenvalue weighted by Gasteiger charge is -2.28. The van der Waals surface area contributed by atoms with Crippen LogP contribution in [0, 0.1) is 0 Å². The maximum absolute atomic E-state index is 13.1. The summed E-state index contributed by atoms with van der Waals surface area (Å²) in [5.41, 5.74) is 3.91. The second kappa shape index (κ2) is 7.38. The molecule has 3 N–H and O–H groups in total. The van der Waals surface area contributed by atoms with E-state index in [4.69, 9.17) is 20.1 Å². The Balaban J connectivity index is 1.85. The minimum atomic E-state index is -0.662. The summed E-state index contributed by atoms with van der Waals surface area (Å²) in [5.74, 6) is 7.69. The summed E-state index contributed by atoms with van der Waals surface area (Å²) in [7, 11) is 0. The van der Waals surface area contributed by atoms with E-state index in [0.717, 1.165) is 16.9 Å². The first-order chi connectivity index (χ1) is 13.8.